The van der Waals surface area contributed by atoms with Crippen LogP contribution in [0.3, 0.4) is 0 Å². The van der Waals surface area contributed by atoms with Crippen molar-refractivity contribution in [2.24, 2.45) is 0 Å². The van der Waals surface area contributed by atoms with Crippen LogP contribution in [0.4, 0.5) is 0 Å². The van der Waals surface area contributed by atoms with Crippen molar-refractivity contribution in [3.8, 4) is 0 Å². The van der Waals surface area contributed by atoms with Crippen LogP contribution in [-0.2, 0) is 0 Å². The van der Waals surface area contributed by atoms with E-state index in [1.807, 2.05) is 12.2 Å². The Bertz CT molecular complexity index is 58.1. The molecule has 9 heavy (non-hydrogen) atoms. The second-order valence-corrected chi connectivity index (χ2v) is 1.24. The van der Waals surface area contributed by atoms with Crippen LogP contribution in [0.15, 0.2) is 25.3 Å². The number of hydrogen-bond acceptors (Lipinski definition) is 1. The summed E-state index contributed by atoms with van der Waals surface area (Å²) < 4.78 is 0. The van der Waals surface area contributed by atoms with Crippen molar-refractivity contribution in [2.45, 2.75) is 0 Å². The molecule has 0 rings (SSSR count). The van der Waals surface area contributed by atoms with E-state index in [-0.39, 0.29) is 25.9 Å². The van der Waals surface area contributed by atoms with Gasteiger partial charge in [0.25, 0.3) is 0 Å². The van der Waals surface area contributed by atoms with Gasteiger partial charge in [-0.15, -0.1) is 25.6 Å². The first-order chi connectivity index (χ1) is 3.41. The summed E-state index contributed by atoms with van der Waals surface area (Å²) in [4.78, 5) is 0. The van der Waals surface area contributed by atoms with Gasteiger partial charge < -0.3 is 5.32 Å². The Balaban J connectivity index is -0.000000180. The molecule has 0 aliphatic rings. The molecule has 0 radical (unpaired) electrons. The summed E-state index contributed by atoms with van der Waals surface area (Å²) in [6, 6.07) is 0. The zero-order valence-corrected chi connectivity index (χ0v) is 7.21. The molecule has 0 aromatic rings. The molecule has 0 bridgehead atoms. The maximum atomic E-state index is 3.54. The van der Waals surface area contributed by atoms with Gasteiger partial charge in [-0.2, -0.15) is 13.5 Å². The first-order valence-electron chi connectivity index (χ1n) is 2.34. The Morgan fingerprint density at radius 3 is 1.67 bits per heavy atom. The van der Waals surface area contributed by atoms with E-state index in [0.29, 0.717) is 0 Å². The van der Waals surface area contributed by atoms with E-state index >= 15 is 0 Å². The van der Waals surface area contributed by atoms with Crippen LogP contribution in [0, 0.1) is 0 Å². The smallest absolute Gasteiger partial charge is 0.0135 e. The van der Waals surface area contributed by atoms with Crippen molar-refractivity contribution >= 4 is 25.9 Å². The molecule has 0 aliphatic heterocycles. The van der Waals surface area contributed by atoms with Gasteiger partial charge in [0.1, 0.15) is 0 Å². The Kier molecular flexibility index (Phi) is 28.0. The van der Waals surface area contributed by atoms with E-state index < -0.39 is 0 Å². The standard InChI is InChI=1S/C6H11N.ClH.H2S/c1-3-5-7-6-4-2;;/h3-4,7H,1-2,5-6H2;1H;1H2. The fraction of sp³-hybridized carbons (Fsp3) is 0.333. The quantitative estimate of drug-likeness (QED) is 0.494. The highest BCUT2D eigenvalue weighted by molar-refractivity contribution is 7.59. The maximum absolute atomic E-state index is 3.54. The van der Waals surface area contributed by atoms with Crippen molar-refractivity contribution in [1.29, 1.82) is 0 Å². The molecule has 0 atom stereocenters. The molecule has 0 aromatic carbocycles. The molecule has 0 saturated heterocycles. The highest BCUT2D eigenvalue weighted by Crippen LogP contribution is 1.59. The molecule has 3 heteroatoms. The van der Waals surface area contributed by atoms with E-state index in [1.54, 1.807) is 0 Å². The third kappa shape index (κ3) is 17.9. The van der Waals surface area contributed by atoms with E-state index in [1.165, 1.54) is 0 Å². The fourth-order valence-corrected chi connectivity index (χ4v) is 0.287. The highest BCUT2D eigenvalue weighted by atomic mass is 35.5. The number of halogens is 1. The van der Waals surface area contributed by atoms with Gasteiger partial charge >= 0.3 is 0 Å². The van der Waals surface area contributed by atoms with Crippen LogP contribution in [0.25, 0.3) is 0 Å². The number of hydrogen-bond donors (Lipinski definition) is 1. The minimum absolute atomic E-state index is 0. The lowest BCUT2D eigenvalue weighted by molar-refractivity contribution is 0.845. The third-order valence-electron chi connectivity index (χ3n) is 0.577. The summed E-state index contributed by atoms with van der Waals surface area (Å²) >= 11 is 0. The molecule has 0 saturated carbocycles. The summed E-state index contributed by atoms with van der Waals surface area (Å²) in [5.74, 6) is 0. The van der Waals surface area contributed by atoms with Gasteiger partial charge in [-0.3, -0.25) is 0 Å². The average molecular weight is 168 g/mol. The number of rotatable bonds is 4. The SMILES string of the molecule is C=CCNCC=C.Cl.S. The lowest BCUT2D eigenvalue weighted by atomic mass is 10.5. The lowest BCUT2D eigenvalue weighted by Crippen LogP contribution is -2.11. The third-order valence-corrected chi connectivity index (χ3v) is 0.577. The van der Waals surface area contributed by atoms with E-state index in [2.05, 4.69) is 18.5 Å². The molecule has 0 spiro atoms. The average Bonchev–Trinajstić information content (AvgIpc) is 1.69. The lowest BCUT2D eigenvalue weighted by Gasteiger charge is -1.90. The second-order valence-electron chi connectivity index (χ2n) is 1.24. The van der Waals surface area contributed by atoms with E-state index in [4.69, 9.17) is 0 Å². The predicted octanol–water partition coefficient (Wildman–Crippen LogP) is 1.48. The summed E-state index contributed by atoms with van der Waals surface area (Å²) in [6.45, 7) is 8.81. The largest absolute Gasteiger partial charge is 0.310 e. The molecule has 0 aliphatic carbocycles. The summed E-state index contributed by atoms with van der Waals surface area (Å²) in [5.41, 5.74) is 0. The van der Waals surface area contributed by atoms with Crippen molar-refractivity contribution in [3.63, 3.8) is 0 Å². The zero-order chi connectivity index (χ0) is 5.54. The van der Waals surface area contributed by atoms with Crippen LogP contribution in [0.2, 0.25) is 0 Å². The summed E-state index contributed by atoms with van der Waals surface area (Å²) in [7, 11) is 0. The van der Waals surface area contributed by atoms with Gasteiger partial charge in [-0.1, -0.05) is 12.2 Å². The molecule has 0 heterocycles. The normalized spacial score (nSPS) is 6.22. The topological polar surface area (TPSA) is 12.0 Å². The van der Waals surface area contributed by atoms with Gasteiger partial charge in [0.15, 0.2) is 0 Å². The van der Waals surface area contributed by atoms with Crippen LogP contribution in [0.1, 0.15) is 0 Å². The van der Waals surface area contributed by atoms with Gasteiger partial charge in [0.05, 0.1) is 0 Å². The Labute approximate surface area is 70.1 Å². The van der Waals surface area contributed by atoms with Crippen molar-refractivity contribution < 1.29 is 0 Å². The molecule has 1 N–H and O–H groups in total. The van der Waals surface area contributed by atoms with E-state index in [9.17, 15) is 0 Å². The highest BCUT2D eigenvalue weighted by Gasteiger charge is 1.69. The first-order valence-corrected chi connectivity index (χ1v) is 2.34. The van der Waals surface area contributed by atoms with Crippen LogP contribution < -0.4 is 5.32 Å². The fourth-order valence-electron chi connectivity index (χ4n) is 0.287. The molecule has 1 nitrogen and oxygen atoms in total. The minimum atomic E-state index is 0. The second kappa shape index (κ2) is 15.7. The maximum Gasteiger partial charge on any atom is 0.0135 e. The van der Waals surface area contributed by atoms with Crippen LogP contribution in [-0.4, -0.2) is 13.1 Å². The molecule has 0 amide bonds. The van der Waals surface area contributed by atoms with Gasteiger partial charge in [0.2, 0.25) is 0 Å². The van der Waals surface area contributed by atoms with Gasteiger partial charge in [-0.25, -0.2) is 0 Å². The monoisotopic (exact) mass is 167 g/mol. The molecular formula is C6H14ClNS. The van der Waals surface area contributed by atoms with Crippen molar-refractivity contribution in [1.82, 2.24) is 5.32 Å². The van der Waals surface area contributed by atoms with Gasteiger partial charge in [-0.05, 0) is 0 Å². The zero-order valence-electron chi connectivity index (χ0n) is 5.39. The Morgan fingerprint density at radius 1 is 1.11 bits per heavy atom. The van der Waals surface area contributed by atoms with E-state index in [0.717, 1.165) is 13.1 Å². The summed E-state index contributed by atoms with van der Waals surface area (Å²) in [6.07, 6.45) is 3.65. The minimum Gasteiger partial charge on any atom is -0.310 e. The molecule has 0 aromatic heterocycles. The molecule has 0 fully saturated rings. The Hall–Kier alpha value is 0.0800. The van der Waals surface area contributed by atoms with Crippen molar-refractivity contribution in [2.75, 3.05) is 13.1 Å². The van der Waals surface area contributed by atoms with Crippen LogP contribution in [0.5, 0.6) is 0 Å². The Morgan fingerprint density at radius 2 is 1.44 bits per heavy atom. The molecule has 56 valence electrons. The molecular weight excluding hydrogens is 154 g/mol. The summed E-state index contributed by atoms with van der Waals surface area (Å²) in [5, 5.41) is 3.05. The van der Waals surface area contributed by atoms with Crippen molar-refractivity contribution in [3.05, 3.63) is 25.3 Å². The van der Waals surface area contributed by atoms with Gasteiger partial charge in [0, 0.05) is 13.1 Å². The number of nitrogens with one attached hydrogen (secondary N) is 1. The first kappa shape index (κ1) is 16.0. The molecule has 0 unspecified atom stereocenters. The van der Waals surface area contributed by atoms with Crippen LogP contribution >= 0.6 is 25.9 Å². The predicted molar refractivity (Wildman–Crippen MR) is 50.9 cm³/mol.